The topological polar surface area (TPSA) is 51.0 Å². The number of carbonyl (C=O) groups excluding carboxylic acids is 1. The van der Waals surface area contributed by atoms with Crippen molar-refractivity contribution in [3.8, 4) is 0 Å². The molecule has 0 spiro atoms. The van der Waals surface area contributed by atoms with Crippen LogP contribution in [-0.2, 0) is 11.8 Å². The maximum Gasteiger partial charge on any atom is 0.242 e. The molecule has 1 aromatic rings. The van der Waals surface area contributed by atoms with Gasteiger partial charge in [-0.05, 0) is 12.8 Å². The SMILES string of the molecule is Cn1cc(N2CCC[C@H](Br)C2=O)nn1. The molecule has 0 N–H and O–H groups in total. The molecular formula is C8H11BrN4O. The number of aromatic nitrogens is 3. The monoisotopic (exact) mass is 258 g/mol. The first kappa shape index (κ1) is 9.64. The van der Waals surface area contributed by atoms with Crippen molar-refractivity contribution in [3.63, 3.8) is 0 Å². The number of amides is 1. The van der Waals surface area contributed by atoms with Gasteiger partial charge in [0.2, 0.25) is 5.91 Å². The zero-order valence-corrected chi connectivity index (χ0v) is 9.44. The number of piperidine rings is 1. The van der Waals surface area contributed by atoms with Gasteiger partial charge in [-0.15, -0.1) is 5.10 Å². The Morgan fingerprint density at radius 2 is 2.43 bits per heavy atom. The number of aryl methyl sites for hydroxylation is 1. The Kier molecular flexibility index (Phi) is 2.54. The maximum atomic E-state index is 11.7. The van der Waals surface area contributed by atoms with Crippen LogP contribution in [0.15, 0.2) is 6.20 Å². The van der Waals surface area contributed by atoms with Gasteiger partial charge in [0.25, 0.3) is 0 Å². The maximum absolute atomic E-state index is 11.7. The molecule has 2 rings (SSSR count). The van der Waals surface area contributed by atoms with Crippen LogP contribution in [0.2, 0.25) is 0 Å². The van der Waals surface area contributed by atoms with Crippen LogP contribution in [0.3, 0.4) is 0 Å². The predicted octanol–water partition coefficient (Wildman–Crippen LogP) is 0.705. The number of alkyl halides is 1. The lowest BCUT2D eigenvalue weighted by atomic mass is 10.1. The molecule has 14 heavy (non-hydrogen) atoms. The lowest BCUT2D eigenvalue weighted by Crippen LogP contribution is -2.42. The molecule has 0 saturated carbocycles. The minimum absolute atomic E-state index is 0.0711. The summed E-state index contributed by atoms with van der Waals surface area (Å²) < 4.78 is 1.60. The van der Waals surface area contributed by atoms with Crippen molar-refractivity contribution in [2.75, 3.05) is 11.4 Å². The Bertz CT molecular complexity index is 351. The summed E-state index contributed by atoms with van der Waals surface area (Å²) in [4.78, 5) is 13.3. The molecule has 1 amide bonds. The Morgan fingerprint density at radius 3 is 3.07 bits per heavy atom. The van der Waals surface area contributed by atoms with Gasteiger partial charge < -0.3 is 0 Å². The van der Waals surface area contributed by atoms with Gasteiger partial charge in [-0.2, -0.15) is 0 Å². The highest BCUT2D eigenvalue weighted by Gasteiger charge is 2.28. The number of hydrogen-bond donors (Lipinski definition) is 0. The Labute approximate surface area is 90.2 Å². The second-order valence-corrected chi connectivity index (χ2v) is 4.46. The fourth-order valence-electron chi connectivity index (χ4n) is 1.52. The van der Waals surface area contributed by atoms with E-state index in [1.165, 1.54) is 0 Å². The first-order valence-electron chi connectivity index (χ1n) is 4.50. The molecule has 6 heteroatoms. The minimum atomic E-state index is -0.0711. The van der Waals surface area contributed by atoms with Crippen molar-refractivity contribution in [1.29, 1.82) is 0 Å². The van der Waals surface area contributed by atoms with Gasteiger partial charge in [-0.3, -0.25) is 14.4 Å². The summed E-state index contributed by atoms with van der Waals surface area (Å²) in [6, 6.07) is 0. The van der Waals surface area contributed by atoms with Crippen LogP contribution in [0, 0.1) is 0 Å². The number of halogens is 1. The number of hydrogen-bond acceptors (Lipinski definition) is 3. The van der Waals surface area contributed by atoms with E-state index in [0.717, 1.165) is 19.4 Å². The summed E-state index contributed by atoms with van der Waals surface area (Å²) in [5.41, 5.74) is 0. The van der Waals surface area contributed by atoms with Crippen LogP contribution < -0.4 is 4.90 Å². The molecule has 1 fully saturated rings. The lowest BCUT2D eigenvalue weighted by Gasteiger charge is -2.27. The van der Waals surface area contributed by atoms with Gasteiger partial charge in [0.05, 0.1) is 11.0 Å². The Morgan fingerprint density at radius 1 is 1.64 bits per heavy atom. The molecule has 1 aliphatic heterocycles. The van der Waals surface area contributed by atoms with E-state index < -0.39 is 0 Å². The number of carbonyl (C=O) groups is 1. The molecule has 0 aromatic carbocycles. The zero-order chi connectivity index (χ0) is 10.1. The Balaban J connectivity index is 2.21. The molecule has 0 radical (unpaired) electrons. The third-order valence-corrected chi connectivity index (χ3v) is 3.09. The van der Waals surface area contributed by atoms with Crippen LogP contribution in [0.5, 0.6) is 0 Å². The van der Waals surface area contributed by atoms with Crippen molar-refractivity contribution in [2.24, 2.45) is 7.05 Å². The molecule has 1 atom stereocenters. The first-order chi connectivity index (χ1) is 6.68. The van der Waals surface area contributed by atoms with E-state index in [1.54, 1.807) is 22.8 Å². The second-order valence-electron chi connectivity index (χ2n) is 3.35. The summed E-state index contributed by atoms with van der Waals surface area (Å²) in [6.45, 7) is 0.736. The molecule has 1 aliphatic rings. The van der Waals surface area contributed by atoms with E-state index >= 15 is 0 Å². The van der Waals surface area contributed by atoms with Gasteiger partial charge in [0.15, 0.2) is 5.82 Å². The van der Waals surface area contributed by atoms with E-state index in [9.17, 15) is 4.79 Å². The number of anilines is 1. The van der Waals surface area contributed by atoms with E-state index in [-0.39, 0.29) is 10.7 Å². The Hall–Kier alpha value is -0.910. The molecule has 0 bridgehead atoms. The number of rotatable bonds is 1. The highest BCUT2D eigenvalue weighted by atomic mass is 79.9. The molecular weight excluding hydrogens is 248 g/mol. The van der Waals surface area contributed by atoms with E-state index in [1.807, 2.05) is 0 Å². The van der Waals surface area contributed by atoms with Crippen molar-refractivity contribution >= 4 is 27.7 Å². The fraction of sp³-hybridized carbons (Fsp3) is 0.625. The van der Waals surface area contributed by atoms with Crippen molar-refractivity contribution in [2.45, 2.75) is 17.7 Å². The highest BCUT2D eigenvalue weighted by Crippen LogP contribution is 2.22. The van der Waals surface area contributed by atoms with Gasteiger partial charge in [-0.1, -0.05) is 21.1 Å². The summed E-state index contributed by atoms with van der Waals surface area (Å²) >= 11 is 3.35. The molecule has 0 unspecified atom stereocenters. The minimum Gasteiger partial charge on any atom is -0.293 e. The van der Waals surface area contributed by atoms with Crippen LogP contribution in [0.1, 0.15) is 12.8 Å². The highest BCUT2D eigenvalue weighted by molar-refractivity contribution is 9.10. The summed E-state index contributed by atoms with van der Waals surface area (Å²) in [7, 11) is 1.79. The second kappa shape index (κ2) is 3.68. The van der Waals surface area contributed by atoms with Crippen molar-refractivity contribution < 1.29 is 4.79 Å². The largest absolute Gasteiger partial charge is 0.293 e. The normalized spacial score (nSPS) is 22.9. The lowest BCUT2D eigenvalue weighted by molar-refractivity contribution is -0.118. The molecule has 76 valence electrons. The van der Waals surface area contributed by atoms with Gasteiger partial charge >= 0.3 is 0 Å². The van der Waals surface area contributed by atoms with Gasteiger partial charge in [0, 0.05) is 13.6 Å². The zero-order valence-electron chi connectivity index (χ0n) is 7.85. The molecule has 5 nitrogen and oxygen atoms in total. The fourth-order valence-corrected chi connectivity index (χ4v) is 2.09. The molecule has 2 heterocycles. The average molecular weight is 259 g/mol. The van der Waals surface area contributed by atoms with E-state index in [4.69, 9.17) is 0 Å². The summed E-state index contributed by atoms with van der Waals surface area (Å²) in [5, 5.41) is 7.73. The van der Waals surface area contributed by atoms with E-state index in [0.29, 0.717) is 5.82 Å². The summed E-state index contributed by atoms with van der Waals surface area (Å²) in [6.07, 6.45) is 3.65. The summed E-state index contributed by atoms with van der Waals surface area (Å²) in [5.74, 6) is 0.721. The van der Waals surface area contributed by atoms with Crippen LogP contribution in [-0.4, -0.2) is 32.3 Å². The third-order valence-electron chi connectivity index (χ3n) is 2.24. The third kappa shape index (κ3) is 1.66. The van der Waals surface area contributed by atoms with E-state index in [2.05, 4.69) is 26.2 Å². The first-order valence-corrected chi connectivity index (χ1v) is 5.42. The average Bonchev–Trinajstić information content (AvgIpc) is 2.57. The van der Waals surface area contributed by atoms with Gasteiger partial charge in [0.1, 0.15) is 0 Å². The smallest absolute Gasteiger partial charge is 0.242 e. The van der Waals surface area contributed by atoms with Crippen LogP contribution >= 0.6 is 15.9 Å². The molecule has 0 aliphatic carbocycles. The predicted molar refractivity (Wildman–Crippen MR) is 55.3 cm³/mol. The van der Waals surface area contributed by atoms with Crippen molar-refractivity contribution in [1.82, 2.24) is 15.0 Å². The van der Waals surface area contributed by atoms with Gasteiger partial charge in [-0.25, -0.2) is 0 Å². The molecule has 1 aromatic heterocycles. The van der Waals surface area contributed by atoms with Crippen LogP contribution in [0.4, 0.5) is 5.82 Å². The van der Waals surface area contributed by atoms with Crippen LogP contribution in [0.25, 0.3) is 0 Å². The van der Waals surface area contributed by atoms with Crippen molar-refractivity contribution in [3.05, 3.63) is 6.20 Å². The standard InChI is InChI=1S/C8H11BrN4O/c1-12-5-7(10-11-12)13-4-2-3-6(9)8(13)14/h5-6H,2-4H2,1H3/t6-/m0/s1. The number of nitrogens with zero attached hydrogens (tertiary/aromatic N) is 4. The quantitative estimate of drug-likeness (QED) is 0.698. The molecule has 1 saturated heterocycles.